The molecule has 1 aliphatic carbocycles. The molecule has 0 saturated carbocycles. The Kier molecular flexibility index (Phi) is 8.18. The van der Waals surface area contributed by atoms with Crippen LogP contribution in [0.5, 0.6) is 0 Å². The molecule has 1 aromatic rings. The summed E-state index contributed by atoms with van der Waals surface area (Å²) >= 11 is 0. The Balaban J connectivity index is 2.50. The maximum Gasteiger partial charge on any atom is 0.0891 e. The van der Waals surface area contributed by atoms with E-state index in [-0.39, 0.29) is 5.41 Å². The number of hydrogen-bond acceptors (Lipinski definition) is 2. The minimum Gasteiger partial charge on any atom is -0.499 e. The van der Waals surface area contributed by atoms with Crippen LogP contribution in [0.15, 0.2) is 71.0 Å². The summed E-state index contributed by atoms with van der Waals surface area (Å²) in [6, 6.07) is 8.73. The average molecular weight is 408 g/mol. The van der Waals surface area contributed by atoms with Crippen LogP contribution in [-0.4, -0.2) is 20.7 Å². The number of nitrogens with zero attached hydrogens (tertiary/aromatic N) is 1. The van der Waals surface area contributed by atoms with Crippen molar-refractivity contribution in [3.63, 3.8) is 0 Å². The molecule has 0 N–H and O–H groups in total. The molecule has 2 nitrogen and oxygen atoms in total. The topological polar surface area (TPSA) is 12.5 Å². The van der Waals surface area contributed by atoms with Crippen molar-refractivity contribution >= 4 is 5.69 Å². The van der Waals surface area contributed by atoms with E-state index in [2.05, 4.69) is 84.1 Å². The van der Waals surface area contributed by atoms with Crippen molar-refractivity contribution in [2.45, 2.75) is 66.7 Å². The number of allylic oxidation sites excluding steroid dienone is 6. The average Bonchev–Trinajstić information content (AvgIpc) is 2.64. The molecule has 0 saturated heterocycles. The molecular weight excluding hydrogens is 366 g/mol. The molecule has 0 fully saturated rings. The fourth-order valence-electron chi connectivity index (χ4n) is 4.80. The SMILES string of the molecule is C=C(CC/C(C)=C(/Cc1ccccc1N(C)C)C1=C(C)CC(C)(C)CC1=C)OCC. The molecule has 0 spiro atoms. The molecule has 30 heavy (non-hydrogen) atoms. The van der Waals surface area contributed by atoms with Gasteiger partial charge in [0.2, 0.25) is 0 Å². The lowest BCUT2D eigenvalue weighted by Gasteiger charge is -2.35. The highest BCUT2D eigenvalue weighted by Gasteiger charge is 2.29. The van der Waals surface area contributed by atoms with Crippen LogP contribution in [0.3, 0.4) is 0 Å². The maximum atomic E-state index is 5.60. The fourth-order valence-corrected chi connectivity index (χ4v) is 4.80. The first kappa shape index (κ1) is 24.1. The summed E-state index contributed by atoms with van der Waals surface area (Å²) in [7, 11) is 4.24. The minimum absolute atomic E-state index is 0.286. The minimum atomic E-state index is 0.286. The van der Waals surface area contributed by atoms with Crippen LogP contribution >= 0.6 is 0 Å². The second kappa shape index (κ2) is 10.2. The lowest BCUT2D eigenvalue weighted by atomic mass is 9.70. The number of rotatable bonds is 9. The van der Waals surface area contributed by atoms with Gasteiger partial charge < -0.3 is 9.64 Å². The second-order valence-corrected chi connectivity index (χ2v) is 9.71. The Hall–Kier alpha value is -2.22. The number of anilines is 1. The molecule has 2 rings (SSSR count). The summed E-state index contributed by atoms with van der Waals surface area (Å²) in [5.41, 5.74) is 9.93. The van der Waals surface area contributed by atoms with E-state index < -0.39 is 0 Å². The van der Waals surface area contributed by atoms with Crippen molar-refractivity contribution in [1.82, 2.24) is 0 Å². The van der Waals surface area contributed by atoms with Crippen molar-refractivity contribution in [1.29, 1.82) is 0 Å². The predicted molar refractivity (Wildman–Crippen MR) is 132 cm³/mol. The smallest absolute Gasteiger partial charge is 0.0891 e. The van der Waals surface area contributed by atoms with Gasteiger partial charge in [0, 0.05) is 32.6 Å². The normalized spacial score (nSPS) is 17.0. The molecule has 0 aliphatic heterocycles. The third-order valence-corrected chi connectivity index (χ3v) is 6.00. The second-order valence-electron chi connectivity index (χ2n) is 9.71. The van der Waals surface area contributed by atoms with Crippen molar-refractivity contribution in [2.75, 3.05) is 25.6 Å². The van der Waals surface area contributed by atoms with E-state index in [9.17, 15) is 0 Å². The third kappa shape index (κ3) is 6.14. The lowest BCUT2D eigenvalue weighted by molar-refractivity contribution is 0.220. The van der Waals surface area contributed by atoms with Crippen LogP contribution in [-0.2, 0) is 11.2 Å². The van der Waals surface area contributed by atoms with Crippen LogP contribution in [0, 0.1) is 5.41 Å². The Bertz CT molecular complexity index is 851. The van der Waals surface area contributed by atoms with Crippen LogP contribution in [0.25, 0.3) is 0 Å². The van der Waals surface area contributed by atoms with Crippen molar-refractivity contribution in [2.24, 2.45) is 5.41 Å². The molecule has 0 unspecified atom stereocenters. The fraction of sp³-hybridized carbons (Fsp3) is 0.500. The lowest BCUT2D eigenvalue weighted by Crippen LogP contribution is -2.21. The zero-order valence-electron chi connectivity index (χ0n) is 20.3. The maximum absolute atomic E-state index is 5.60. The number of ether oxygens (including phenoxy) is 1. The third-order valence-electron chi connectivity index (χ3n) is 6.00. The largest absolute Gasteiger partial charge is 0.499 e. The summed E-state index contributed by atoms with van der Waals surface area (Å²) in [5.74, 6) is 0.874. The monoisotopic (exact) mass is 407 g/mol. The van der Waals surface area contributed by atoms with Crippen molar-refractivity contribution in [3.05, 3.63) is 76.6 Å². The van der Waals surface area contributed by atoms with Gasteiger partial charge in [-0.05, 0) is 73.8 Å². The van der Waals surface area contributed by atoms with Gasteiger partial charge in [-0.3, -0.25) is 0 Å². The van der Waals surface area contributed by atoms with Gasteiger partial charge in [0.25, 0.3) is 0 Å². The van der Waals surface area contributed by atoms with E-state index in [1.54, 1.807) is 0 Å². The molecule has 0 bridgehead atoms. The Morgan fingerprint density at radius 1 is 1.13 bits per heavy atom. The first-order valence-electron chi connectivity index (χ1n) is 11.2. The number of hydrogen-bond donors (Lipinski definition) is 0. The van der Waals surface area contributed by atoms with Gasteiger partial charge in [0.1, 0.15) is 0 Å². The summed E-state index contributed by atoms with van der Waals surface area (Å²) in [6.45, 7) is 20.6. The molecule has 164 valence electrons. The molecule has 0 radical (unpaired) electrons. The van der Waals surface area contributed by atoms with Gasteiger partial charge in [-0.25, -0.2) is 0 Å². The standard InChI is InChI=1S/C28H41NO/c1-10-30-23(5)16-15-20(2)25(17-24-13-11-12-14-26(24)29(8)9)27-21(3)18-28(6,7)19-22(27)4/h11-14H,3,5,10,15-19H2,1-2,4,6-9H3/b25-20-. The predicted octanol–water partition coefficient (Wildman–Crippen LogP) is 7.63. The quantitative estimate of drug-likeness (QED) is 0.390. The van der Waals surface area contributed by atoms with Gasteiger partial charge in [-0.1, -0.05) is 56.4 Å². The van der Waals surface area contributed by atoms with Gasteiger partial charge in [0.15, 0.2) is 0 Å². The molecule has 0 atom stereocenters. The first-order chi connectivity index (χ1) is 14.1. The van der Waals surface area contributed by atoms with Crippen LogP contribution in [0.4, 0.5) is 5.69 Å². The van der Waals surface area contributed by atoms with E-state index in [1.165, 1.54) is 39.1 Å². The van der Waals surface area contributed by atoms with Gasteiger partial charge in [-0.15, -0.1) is 0 Å². The van der Waals surface area contributed by atoms with Crippen LogP contribution in [0.2, 0.25) is 0 Å². The molecule has 1 aromatic carbocycles. The highest BCUT2D eigenvalue weighted by molar-refractivity contribution is 5.59. The number of para-hydroxylation sites is 1. The molecule has 0 heterocycles. The van der Waals surface area contributed by atoms with E-state index in [1.807, 2.05) is 6.92 Å². The summed E-state index contributed by atoms with van der Waals surface area (Å²) < 4.78 is 5.60. The first-order valence-corrected chi connectivity index (χ1v) is 11.2. The van der Waals surface area contributed by atoms with Crippen LogP contribution < -0.4 is 4.90 Å². The molecule has 2 heteroatoms. The molecule has 0 aromatic heterocycles. The molecule has 1 aliphatic rings. The number of benzene rings is 1. The Labute approximate surface area is 185 Å². The van der Waals surface area contributed by atoms with Gasteiger partial charge in [0.05, 0.1) is 12.4 Å². The highest BCUT2D eigenvalue weighted by Crippen LogP contribution is 2.45. The summed E-state index contributed by atoms with van der Waals surface area (Å²) in [5, 5.41) is 0. The van der Waals surface area contributed by atoms with E-state index in [0.717, 1.165) is 37.9 Å². The van der Waals surface area contributed by atoms with Crippen LogP contribution in [0.1, 0.15) is 65.9 Å². The van der Waals surface area contributed by atoms with Crippen molar-refractivity contribution in [3.8, 4) is 0 Å². The van der Waals surface area contributed by atoms with Gasteiger partial charge >= 0.3 is 0 Å². The van der Waals surface area contributed by atoms with E-state index in [0.29, 0.717) is 6.61 Å². The van der Waals surface area contributed by atoms with E-state index in [4.69, 9.17) is 4.74 Å². The Morgan fingerprint density at radius 3 is 2.40 bits per heavy atom. The summed E-state index contributed by atoms with van der Waals surface area (Å²) in [4.78, 5) is 2.21. The van der Waals surface area contributed by atoms with Gasteiger partial charge in [-0.2, -0.15) is 0 Å². The molecule has 0 amide bonds. The zero-order valence-corrected chi connectivity index (χ0v) is 20.3. The molecular formula is C28H41NO. The Morgan fingerprint density at radius 2 is 1.80 bits per heavy atom. The zero-order chi connectivity index (χ0) is 22.5. The summed E-state index contributed by atoms with van der Waals surface area (Å²) in [6.07, 6.45) is 4.93. The van der Waals surface area contributed by atoms with Crippen molar-refractivity contribution < 1.29 is 4.74 Å². The highest BCUT2D eigenvalue weighted by atomic mass is 16.5. The van der Waals surface area contributed by atoms with E-state index >= 15 is 0 Å².